The van der Waals surface area contributed by atoms with E-state index in [1.807, 2.05) is 5.38 Å². The van der Waals surface area contributed by atoms with Crippen LogP contribution in [0, 0.1) is 0 Å². The molecular weight excluding hydrogens is 255 g/mol. The summed E-state index contributed by atoms with van der Waals surface area (Å²) in [5, 5.41) is 2.79. The lowest BCUT2D eigenvalue weighted by Crippen LogP contribution is -1.91. The molecule has 0 aliphatic carbocycles. The lowest BCUT2D eigenvalue weighted by atomic mass is 10.4. The summed E-state index contributed by atoms with van der Waals surface area (Å²) in [4.78, 5) is 9.11. The van der Waals surface area contributed by atoms with Crippen molar-refractivity contribution in [2.75, 3.05) is 7.11 Å². The largest absolute Gasteiger partial charge is 0.492 e. The number of ether oxygens (including phenoxy) is 1. The van der Waals surface area contributed by atoms with Crippen molar-refractivity contribution in [2.24, 2.45) is 0 Å². The SMILES string of the molecule is COc1cnc(-c2cc(Cl)cs2)nc1Cl. The van der Waals surface area contributed by atoms with Gasteiger partial charge in [-0.3, -0.25) is 0 Å². The van der Waals surface area contributed by atoms with Gasteiger partial charge in [0.2, 0.25) is 0 Å². The maximum absolute atomic E-state index is 5.88. The fraction of sp³-hybridized carbons (Fsp3) is 0.111. The van der Waals surface area contributed by atoms with E-state index < -0.39 is 0 Å². The molecule has 0 unspecified atom stereocenters. The van der Waals surface area contributed by atoms with Crippen molar-refractivity contribution in [2.45, 2.75) is 0 Å². The highest BCUT2D eigenvalue weighted by atomic mass is 35.5. The first kappa shape index (κ1) is 10.7. The zero-order valence-electron chi connectivity index (χ0n) is 7.70. The quantitative estimate of drug-likeness (QED) is 0.776. The van der Waals surface area contributed by atoms with Gasteiger partial charge in [0.25, 0.3) is 0 Å². The van der Waals surface area contributed by atoms with Crippen LogP contribution in [0.25, 0.3) is 10.7 Å². The van der Waals surface area contributed by atoms with Crippen molar-refractivity contribution >= 4 is 34.5 Å². The molecule has 2 rings (SSSR count). The molecule has 15 heavy (non-hydrogen) atoms. The molecule has 2 aromatic heterocycles. The van der Waals surface area contributed by atoms with E-state index in [1.54, 1.807) is 6.07 Å². The monoisotopic (exact) mass is 260 g/mol. The van der Waals surface area contributed by atoms with Gasteiger partial charge in [-0.25, -0.2) is 9.97 Å². The second-order valence-corrected chi connectivity index (χ2v) is 4.39. The molecule has 0 radical (unpaired) electrons. The average Bonchev–Trinajstić information content (AvgIpc) is 2.65. The summed E-state index contributed by atoms with van der Waals surface area (Å²) in [5.41, 5.74) is 0. The van der Waals surface area contributed by atoms with E-state index in [1.165, 1.54) is 24.6 Å². The molecule has 2 heterocycles. The number of methoxy groups -OCH3 is 1. The van der Waals surface area contributed by atoms with Gasteiger partial charge in [-0.2, -0.15) is 0 Å². The van der Waals surface area contributed by atoms with Gasteiger partial charge in [-0.1, -0.05) is 23.2 Å². The van der Waals surface area contributed by atoms with Crippen molar-refractivity contribution in [3.63, 3.8) is 0 Å². The van der Waals surface area contributed by atoms with Gasteiger partial charge in [0, 0.05) is 5.38 Å². The molecule has 0 bridgehead atoms. The molecule has 3 nitrogen and oxygen atoms in total. The van der Waals surface area contributed by atoms with Crippen molar-refractivity contribution in [1.29, 1.82) is 0 Å². The van der Waals surface area contributed by atoms with Gasteiger partial charge in [-0.05, 0) is 6.07 Å². The van der Waals surface area contributed by atoms with Gasteiger partial charge >= 0.3 is 0 Å². The Labute approximate surface area is 101 Å². The van der Waals surface area contributed by atoms with E-state index in [0.29, 0.717) is 21.7 Å². The van der Waals surface area contributed by atoms with E-state index in [0.717, 1.165) is 4.88 Å². The van der Waals surface area contributed by atoms with Crippen molar-refractivity contribution in [3.05, 3.63) is 27.8 Å². The van der Waals surface area contributed by atoms with Crippen LogP contribution in [-0.4, -0.2) is 17.1 Å². The number of nitrogens with zero attached hydrogens (tertiary/aromatic N) is 2. The molecule has 0 atom stereocenters. The maximum Gasteiger partial charge on any atom is 0.175 e. The van der Waals surface area contributed by atoms with Crippen molar-refractivity contribution < 1.29 is 4.74 Å². The highest BCUT2D eigenvalue weighted by molar-refractivity contribution is 7.14. The zero-order chi connectivity index (χ0) is 10.8. The Bertz CT molecular complexity index is 487. The lowest BCUT2D eigenvalue weighted by molar-refractivity contribution is 0.411. The van der Waals surface area contributed by atoms with Crippen LogP contribution in [-0.2, 0) is 0 Å². The molecule has 0 aromatic carbocycles. The van der Waals surface area contributed by atoms with E-state index in [4.69, 9.17) is 27.9 Å². The number of hydrogen-bond donors (Lipinski definition) is 0. The number of aromatic nitrogens is 2. The Kier molecular flexibility index (Phi) is 3.09. The molecule has 0 aliphatic rings. The van der Waals surface area contributed by atoms with Crippen LogP contribution in [0.2, 0.25) is 10.2 Å². The van der Waals surface area contributed by atoms with E-state index >= 15 is 0 Å². The van der Waals surface area contributed by atoms with Crippen LogP contribution in [0.15, 0.2) is 17.6 Å². The molecule has 0 spiro atoms. The smallest absolute Gasteiger partial charge is 0.175 e. The number of rotatable bonds is 2. The minimum atomic E-state index is 0.298. The predicted octanol–water partition coefficient (Wildman–Crippen LogP) is 3.52. The van der Waals surface area contributed by atoms with Gasteiger partial charge in [0.05, 0.1) is 23.2 Å². The maximum atomic E-state index is 5.88. The van der Waals surface area contributed by atoms with Gasteiger partial charge in [0.1, 0.15) is 0 Å². The molecule has 6 heteroatoms. The molecule has 0 aliphatic heterocycles. The molecule has 0 saturated carbocycles. The summed E-state index contributed by atoms with van der Waals surface area (Å²) < 4.78 is 4.96. The molecule has 0 amide bonds. The predicted molar refractivity (Wildman–Crippen MR) is 61.9 cm³/mol. The summed E-state index contributed by atoms with van der Waals surface area (Å²) in [5.74, 6) is 1.01. The topological polar surface area (TPSA) is 35.0 Å². The van der Waals surface area contributed by atoms with E-state index in [9.17, 15) is 0 Å². The average molecular weight is 261 g/mol. The third-order valence-corrected chi connectivity index (χ3v) is 3.26. The summed E-state index contributed by atoms with van der Waals surface area (Å²) >= 11 is 13.2. The van der Waals surface area contributed by atoms with E-state index in [2.05, 4.69) is 9.97 Å². The Morgan fingerprint density at radius 1 is 1.40 bits per heavy atom. The standard InChI is InChI=1S/C9H6Cl2N2OS/c1-14-6-3-12-9(13-8(6)11)7-2-5(10)4-15-7/h2-4H,1H3. The Balaban J connectivity index is 2.42. The van der Waals surface area contributed by atoms with Crippen molar-refractivity contribution in [3.8, 4) is 16.5 Å². The normalized spacial score (nSPS) is 10.3. The molecule has 78 valence electrons. The van der Waals surface area contributed by atoms with Gasteiger partial charge in [0.15, 0.2) is 16.7 Å². The number of hydrogen-bond acceptors (Lipinski definition) is 4. The fourth-order valence-electron chi connectivity index (χ4n) is 1.04. The van der Waals surface area contributed by atoms with E-state index in [-0.39, 0.29) is 0 Å². The fourth-order valence-corrected chi connectivity index (χ4v) is 2.26. The van der Waals surface area contributed by atoms with Crippen LogP contribution < -0.4 is 4.74 Å². The van der Waals surface area contributed by atoms with Crippen LogP contribution in [0.3, 0.4) is 0 Å². The third-order valence-electron chi connectivity index (χ3n) is 1.72. The summed E-state index contributed by atoms with van der Waals surface area (Å²) in [7, 11) is 1.52. The zero-order valence-corrected chi connectivity index (χ0v) is 10.0. The Morgan fingerprint density at radius 3 is 2.73 bits per heavy atom. The van der Waals surface area contributed by atoms with Gasteiger partial charge in [-0.15, -0.1) is 11.3 Å². The number of thiophene rings is 1. The lowest BCUT2D eigenvalue weighted by Gasteiger charge is -2.02. The highest BCUT2D eigenvalue weighted by Gasteiger charge is 2.08. The summed E-state index contributed by atoms with van der Waals surface area (Å²) in [6, 6.07) is 1.80. The van der Waals surface area contributed by atoms with Crippen LogP contribution in [0.4, 0.5) is 0 Å². The molecule has 0 fully saturated rings. The highest BCUT2D eigenvalue weighted by Crippen LogP contribution is 2.29. The van der Waals surface area contributed by atoms with Gasteiger partial charge < -0.3 is 4.74 Å². The van der Waals surface area contributed by atoms with Crippen LogP contribution >= 0.6 is 34.5 Å². The minimum Gasteiger partial charge on any atom is -0.492 e. The third kappa shape index (κ3) is 2.22. The molecule has 2 aromatic rings. The summed E-state index contributed by atoms with van der Waals surface area (Å²) in [6.45, 7) is 0. The second kappa shape index (κ2) is 4.35. The first-order chi connectivity index (χ1) is 7.20. The molecule has 0 saturated heterocycles. The van der Waals surface area contributed by atoms with Crippen molar-refractivity contribution in [1.82, 2.24) is 9.97 Å². The molecule has 0 N–H and O–H groups in total. The van der Waals surface area contributed by atoms with Crippen LogP contribution in [0.1, 0.15) is 0 Å². The first-order valence-corrected chi connectivity index (χ1v) is 5.65. The Morgan fingerprint density at radius 2 is 2.20 bits per heavy atom. The second-order valence-electron chi connectivity index (χ2n) is 2.68. The first-order valence-electron chi connectivity index (χ1n) is 4.01. The number of halogens is 2. The minimum absolute atomic E-state index is 0.298. The Hall–Kier alpha value is -0.840. The summed E-state index contributed by atoms with van der Waals surface area (Å²) in [6.07, 6.45) is 1.54. The van der Waals surface area contributed by atoms with Crippen LogP contribution in [0.5, 0.6) is 5.75 Å². The molecular formula is C9H6Cl2N2OS.